The molecule has 0 aromatic heterocycles. The second kappa shape index (κ2) is 3.21. The van der Waals surface area contributed by atoms with Crippen LogP contribution in [0.5, 0.6) is 0 Å². The largest absolute Gasteiger partial charge is 0.309 e. The van der Waals surface area contributed by atoms with E-state index in [-0.39, 0.29) is 5.91 Å². The van der Waals surface area contributed by atoms with Crippen molar-refractivity contribution in [3.05, 3.63) is 30.3 Å². The van der Waals surface area contributed by atoms with Gasteiger partial charge in [0.15, 0.2) is 0 Å². The van der Waals surface area contributed by atoms with Crippen molar-refractivity contribution in [3.63, 3.8) is 0 Å². The highest BCUT2D eigenvalue weighted by molar-refractivity contribution is 6.00. The van der Waals surface area contributed by atoms with Crippen LogP contribution >= 0.6 is 0 Å². The molecule has 2 nitrogen and oxygen atoms in total. The Morgan fingerprint density at radius 1 is 1.38 bits per heavy atom. The predicted octanol–water partition coefficient (Wildman–Crippen LogP) is 2.20. The Morgan fingerprint density at radius 2 is 2.08 bits per heavy atom. The number of β-lactam (4-membered cyclic amide) rings is 1. The van der Waals surface area contributed by atoms with Crippen LogP contribution < -0.4 is 4.90 Å². The number of hydrogen-bond acceptors (Lipinski definition) is 1. The van der Waals surface area contributed by atoms with Crippen LogP contribution in [0, 0.1) is 0 Å². The van der Waals surface area contributed by atoms with Crippen LogP contribution in [0.4, 0.5) is 5.69 Å². The van der Waals surface area contributed by atoms with Crippen LogP contribution in [-0.2, 0) is 4.79 Å². The average molecular weight is 175 g/mol. The third-order valence-corrected chi connectivity index (χ3v) is 2.55. The first-order valence-electron chi connectivity index (χ1n) is 4.70. The molecule has 0 N–H and O–H groups in total. The maximum absolute atomic E-state index is 11.3. The normalized spacial score (nSPS) is 21.5. The summed E-state index contributed by atoms with van der Waals surface area (Å²) in [6.45, 7) is 2.12. The monoisotopic (exact) mass is 175 g/mol. The summed E-state index contributed by atoms with van der Waals surface area (Å²) in [6.07, 6.45) is 1.76. The number of anilines is 1. The van der Waals surface area contributed by atoms with Gasteiger partial charge in [-0.05, 0) is 18.6 Å². The predicted molar refractivity (Wildman–Crippen MR) is 52.6 cm³/mol. The van der Waals surface area contributed by atoms with Crippen molar-refractivity contribution in [1.82, 2.24) is 0 Å². The summed E-state index contributed by atoms with van der Waals surface area (Å²) in [6, 6.07) is 10.3. The van der Waals surface area contributed by atoms with Gasteiger partial charge in [-0.15, -0.1) is 0 Å². The Bertz CT molecular complexity index is 307. The molecule has 1 heterocycles. The minimum absolute atomic E-state index is 0.248. The van der Waals surface area contributed by atoms with Crippen molar-refractivity contribution in [2.75, 3.05) is 4.90 Å². The molecule has 1 fully saturated rings. The number of amides is 1. The maximum Gasteiger partial charge on any atom is 0.229 e. The van der Waals surface area contributed by atoms with E-state index in [9.17, 15) is 4.79 Å². The topological polar surface area (TPSA) is 20.3 Å². The molecule has 1 amide bonds. The fraction of sp³-hybridized carbons (Fsp3) is 0.364. The molecule has 1 aliphatic rings. The van der Waals surface area contributed by atoms with E-state index in [0.717, 1.165) is 12.1 Å². The molecule has 0 spiro atoms. The third kappa shape index (κ3) is 1.32. The SMILES string of the molecule is CC[C@@H]1CC(=O)N1c1ccccc1. The Kier molecular flexibility index (Phi) is 2.05. The van der Waals surface area contributed by atoms with E-state index in [0.29, 0.717) is 12.5 Å². The molecule has 68 valence electrons. The molecule has 0 aliphatic carbocycles. The minimum atomic E-state index is 0.248. The number of para-hydroxylation sites is 1. The van der Waals surface area contributed by atoms with Crippen molar-refractivity contribution in [3.8, 4) is 0 Å². The quantitative estimate of drug-likeness (QED) is 0.631. The highest BCUT2D eigenvalue weighted by atomic mass is 16.2. The third-order valence-electron chi connectivity index (χ3n) is 2.55. The summed E-state index contributed by atoms with van der Waals surface area (Å²) >= 11 is 0. The number of hydrogen-bond donors (Lipinski definition) is 0. The Labute approximate surface area is 78.2 Å². The number of carbonyl (C=O) groups is 1. The molecular weight excluding hydrogens is 162 g/mol. The molecule has 0 radical (unpaired) electrons. The first kappa shape index (κ1) is 8.30. The molecular formula is C11H13NO. The first-order valence-corrected chi connectivity index (χ1v) is 4.70. The van der Waals surface area contributed by atoms with Crippen LogP contribution in [0.25, 0.3) is 0 Å². The molecule has 1 saturated heterocycles. The molecule has 2 rings (SSSR count). The van der Waals surface area contributed by atoms with Crippen molar-refractivity contribution in [2.45, 2.75) is 25.8 Å². The second-order valence-electron chi connectivity index (χ2n) is 3.37. The number of rotatable bonds is 2. The number of carbonyl (C=O) groups excluding carboxylic acids is 1. The van der Waals surface area contributed by atoms with Crippen molar-refractivity contribution < 1.29 is 4.79 Å². The lowest BCUT2D eigenvalue weighted by molar-refractivity contribution is -0.124. The van der Waals surface area contributed by atoms with Crippen LogP contribution in [0.3, 0.4) is 0 Å². The van der Waals surface area contributed by atoms with Crippen molar-refractivity contribution in [1.29, 1.82) is 0 Å². The van der Waals surface area contributed by atoms with Gasteiger partial charge in [0.25, 0.3) is 0 Å². The first-order chi connectivity index (χ1) is 6.33. The summed E-state index contributed by atoms with van der Waals surface area (Å²) < 4.78 is 0. The van der Waals surface area contributed by atoms with E-state index in [1.165, 1.54) is 0 Å². The van der Waals surface area contributed by atoms with E-state index in [2.05, 4.69) is 6.92 Å². The fourth-order valence-corrected chi connectivity index (χ4v) is 1.75. The molecule has 1 aliphatic heterocycles. The van der Waals surface area contributed by atoms with Crippen LogP contribution in [0.1, 0.15) is 19.8 Å². The molecule has 13 heavy (non-hydrogen) atoms. The lowest BCUT2D eigenvalue weighted by Gasteiger charge is -2.40. The van der Waals surface area contributed by atoms with E-state index in [1.54, 1.807) is 0 Å². The second-order valence-corrected chi connectivity index (χ2v) is 3.37. The molecule has 1 atom stereocenters. The number of nitrogens with zero attached hydrogens (tertiary/aromatic N) is 1. The van der Waals surface area contributed by atoms with E-state index in [1.807, 2.05) is 35.2 Å². The Morgan fingerprint density at radius 3 is 2.62 bits per heavy atom. The minimum Gasteiger partial charge on any atom is -0.309 e. The van der Waals surface area contributed by atoms with Crippen LogP contribution in [0.2, 0.25) is 0 Å². The van der Waals surface area contributed by atoms with Gasteiger partial charge in [0, 0.05) is 18.2 Å². The molecule has 2 heteroatoms. The van der Waals surface area contributed by atoms with Gasteiger partial charge < -0.3 is 4.90 Å². The smallest absolute Gasteiger partial charge is 0.229 e. The van der Waals surface area contributed by atoms with E-state index >= 15 is 0 Å². The number of benzene rings is 1. The van der Waals surface area contributed by atoms with E-state index in [4.69, 9.17) is 0 Å². The Hall–Kier alpha value is -1.31. The molecule has 0 bridgehead atoms. The zero-order valence-corrected chi connectivity index (χ0v) is 7.73. The molecule has 0 saturated carbocycles. The maximum atomic E-state index is 11.3. The molecule has 0 unspecified atom stereocenters. The van der Waals surface area contributed by atoms with Gasteiger partial charge in [-0.25, -0.2) is 0 Å². The molecule has 1 aromatic carbocycles. The van der Waals surface area contributed by atoms with Gasteiger partial charge in [0.2, 0.25) is 5.91 Å². The highest BCUT2D eigenvalue weighted by Gasteiger charge is 2.35. The van der Waals surface area contributed by atoms with Crippen LogP contribution in [0.15, 0.2) is 30.3 Å². The Balaban J connectivity index is 2.21. The van der Waals surface area contributed by atoms with Crippen molar-refractivity contribution >= 4 is 11.6 Å². The summed E-state index contributed by atoms with van der Waals surface area (Å²) in [5.41, 5.74) is 1.03. The van der Waals surface area contributed by atoms with Gasteiger partial charge in [-0.2, -0.15) is 0 Å². The standard InChI is InChI=1S/C11H13NO/c1-2-9-8-11(13)12(9)10-6-4-3-5-7-10/h3-7,9H,2,8H2,1H3/t9-/m1/s1. The zero-order valence-electron chi connectivity index (χ0n) is 7.73. The van der Waals surface area contributed by atoms with Gasteiger partial charge in [0.1, 0.15) is 0 Å². The van der Waals surface area contributed by atoms with E-state index < -0.39 is 0 Å². The summed E-state index contributed by atoms with van der Waals surface area (Å²) in [5.74, 6) is 0.248. The molecule has 1 aromatic rings. The lowest BCUT2D eigenvalue weighted by Crippen LogP contribution is -2.52. The lowest BCUT2D eigenvalue weighted by atomic mass is 9.98. The summed E-state index contributed by atoms with van der Waals surface area (Å²) in [4.78, 5) is 13.2. The highest BCUT2D eigenvalue weighted by Crippen LogP contribution is 2.28. The van der Waals surface area contributed by atoms with Gasteiger partial charge in [-0.1, -0.05) is 25.1 Å². The van der Waals surface area contributed by atoms with Crippen LogP contribution in [-0.4, -0.2) is 11.9 Å². The van der Waals surface area contributed by atoms with Gasteiger partial charge in [0.05, 0.1) is 0 Å². The zero-order chi connectivity index (χ0) is 9.26. The van der Waals surface area contributed by atoms with Gasteiger partial charge in [-0.3, -0.25) is 4.79 Å². The summed E-state index contributed by atoms with van der Waals surface area (Å²) in [5, 5.41) is 0. The fourth-order valence-electron chi connectivity index (χ4n) is 1.75. The summed E-state index contributed by atoms with van der Waals surface area (Å²) in [7, 11) is 0. The van der Waals surface area contributed by atoms with Crippen molar-refractivity contribution in [2.24, 2.45) is 0 Å². The van der Waals surface area contributed by atoms with Gasteiger partial charge >= 0.3 is 0 Å². The average Bonchev–Trinajstić information content (AvgIpc) is 2.15.